The number of rotatable bonds is 3. The molecule has 2 aromatic rings. The Morgan fingerprint density at radius 1 is 1.07 bits per heavy atom. The third-order valence-electron chi connectivity index (χ3n) is 1.91. The number of aromatic nitrogens is 2. The number of hydrogen-bond donors (Lipinski definition) is 1. The quantitative estimate of drug-likeness (QED) is 0.863. The molecule has 0 radical (unpaired) electrons. The Bertz CT molecular complexity index is 414. The van der Waals surface area contributed by atoms with E-state index in [1.165, 1.54) is 0 Å². The normalized spacial score (nSPS) is 9.93. The molecular weight excluding hydrogens is 210 g/mol. The zero-order chi connectivity index (χ0) is 10.5. The fourth-order valence-electron chi connectivity index (χ4n) is 1.17. The Kier molecular flexibility index (Phi) is 3.15. The first-order valence-corrected chi connectivity index (χ1v) is 4.98. The minimum Gasteiger partial charge on any atom is -0.378 e. The minimum atomic E-state index is 0.614. The number of halogens is 1. The van der Waals surface area contributed by atoms with E-state index in [0.29, 0.717) is 6.54 Å². The number of nitrogens with zero attached hydrogens (tertiary/aromatic N) is 2. The van der Waals surface area contributed by atoms with Gasteiger partial charge in [-0.2, -0.15) is 0 Å². The summed E-state index contributed by atoms with van der Waals surface area (Å²) < 4.78 is 0. The standard InChI is InChI=1S/C11H10ClN3/c12-9-2-4-10(5-3-9)15-8-11-13-6-1-7-14-11/h1-7,15H,8H2. The summed E-state index contributed by atoms with van der Waals surface area (Å²) in [6, 6.07) is 9.33. The highest BCUT2D eigenvalue weighted by Gasteiger charge is 1.95. The number of benzene rings is 1. The molecule has 0 unspecified atom stereocenters. The summed E-state index contributed by atoms with van der Waals surface area (Å²) in [5.74, 6) is 0.771. The maximum atomic E-state index is 5.78. The lowest BCUT2D eigenvalue weighted by molar-refractivity contribution is 0.948. The fraction of sp³-hybridized carbons (Fsp3) is 0.0909. The SMILES string of the molecule is Clc1ccc(NCc2ncccn2)cc1. The van der Waals surface area contributed by atoms with Crippen LogP contribution in [0, 0.1) is 0 Å². The van der Waals surface area contributed by atoms with Gasteiger partial charge in [-0.3, -0.25) is 0 Å². The van der Waals surface area contributed by atoms with Crippen molar-refractivity contribution in [2.45, 2.75) is 6.54 Å². The van der Waals surface area contributed by atoms with Gasteiger partial charge in [0.1, 0.15) is 5.82 Å². The van der Waals surface area contributed by atoms with Crippen LogP contribution in [0.3, 0.4) is 0 Å². The topological polar surface area (TPSA) is 37.8 Å². The molecular formula is C11H10ClN3. The van der Waals surface area contributed by atoms with Crippen LogP contribution in [0.4, 0.5) is 5.69 Å². The maximum Gasteiger partial charge on any atom is 0.147 e. The van der Waals surface area contributed by atoms with E-state index in [1.807, 2.05) is 24.3 Å². The highest BCUT2D eigenvalue weighted by Crippen LogP contribution is 2.13. The first-order valence-electron chi connectivity index (χ1n) is 4.60. The van der Waals surface area contributed by atoms with Crippen LogP contribution in [0.25, 0.3) is 0 Å². The van der Waals surface area contributed by atoms with Crippen molar-refractivity contribution >= 4 is 17.3 Å². The van der Waals surface area contributed by atoms with Crippen molar-refractivity contribution in [3.8, 4) is 0 Å². The molecule has 1 aromatic carbocycles. The van der Waals surface area contributed by atoms with Gasteiger partial charge in [-0.05, 0) is 30.3 Å². The van der Waals surface area contributed by atoms with Crippen LogP contribution in [0.5, 0.6) is 0 Å². The van der Waals surface area contributed by atoms with Crippen molar-refractivity contribution in [2.75, 3.05) is 5.32 Å². The lowest BCUT2D eigenvalue weighted by atomic mass is 10.3. The molecule has 0 bridgehead atoms. The van der Waals surface area contributed by atoms with E-state index in [9.17, 15) is 0 Å². The van der Waals surface area contributed by atoms with E-state index in [4.69, 9.17) is 11.6 Å². The fourth-order valence-corrected chi connectivity index (χ4v) is 1.30. The summed E-state index contributed by atoms with van der Waals surface area (Å²) in [4.78, 5) is 8.22. The summed E-state index contributed by atoms with van der Waals surface area (Å²) in [5.41, 5.74) is 1.01. The van der Waals surface area contributed by atoms with Crippen molar-refractivity contribution in [1.82, 2.24) is 9.97 Å². The summed E-state index contributed by atoms with van der Waals surface area (Å²) in [5, 5.41) is 3.94. The highest BCUT2D eigenvalue weighted by atomic mass is 35.5. The zero-order valence-electron chi connectivity index (χ0n) is 8.02. The molecule has 0 saturated heterocycles. The average Bonchev–Trinajstić information content (AvgIpc) is 2.30. The molecule has 0 aliphatic carbocycles. The van der Waals surface area contributed by atoms with E-state index in [1.54, 1.807) is 18.5 Å². The second-order valence-electron chi connectivity index (χ2n) is 3.03. The molecule has 0 aliphatic rings. The third kappa shape index (κ3) is 2.92. The lowest BCUT2D eigenvalue weighted by Gasteiger charge is -2.04. The zero-order valence-corrected chi connectivity index (χ0v) is 8.78. The molecule has 0 spiro atoms. The van der Waals surface area contributed by atoms with Crippen LogP contribution in [0.15, 0.2) is 42.7 Å². The largest absolute Gasteiger partial charge is 0.378 e. The van der Waals surface area contributed by atoms with Crippen LogP contribution in [0.1, 0.15) is 5.82 Å². The Hall–Kier alpha value is -1.61. The van der Waals surface area contributed by atoms with Crippen LogP contribution in [0.2, 0.25) is 5.02 Å². The van der Waals surface area contributed by atoms with Gasteiger partial charge in [0.25, 0.3) is 0 Å². The highest BCUT2D eigenvalue weighted by molar-refractivity contribution is 6.30. The van der Waals surface area contributed by atoms with E-state index >= 15 is 0 Å². The Balaban J connectivity index is 1.96. The van der Waals surface area contributed by atoms with Crippen LogP contribution < -0.4 is 5.32 Å². The van der Waals surface area contributed by atoms with Gasteiger partial charge in [-0.15, -0.1) is 0 Å². The lowest BCUT2D eigenvalue weighted by Crippen LogP contribution is -2.02. The second-order valence-corrected chi connectivity index (χ2v) is 3.46. The predicted molar refractivity (Wildman–Crippen MR) is 60.8 cm³/mol. The maximum absolute atomic E-state index is 5.78. The molecule has 1 N–H and O–H groups in total. The summed E-state index contributed by atoms with van der Waals surface area (Å²) in [7, 11) is 0. The second kappa shape index (κ2) is 4.75. The Morgan fingerprint density at radius 3 is 2.40 bits per heavy atom. The van der Waals surface area contributed by atoms with Crippen molar-refractivity contribution in [2.24, 2.45) is 0 Å². The van der Waals surface area contributed by atoms with Gasteiger partial charge in [0.05, 0.1) is 6.54 Å². The van der Waals surface area contributed by atoms with Crippen molar-refractivity contribution in [3.05, 3.63) is 53.6 Å². The molecule has 76 valence electrons. The van der Waals surface area contributed by atoms with Crippen LogP contribution >= 0.6 is 11.6 Å². The van der Waals surface area contributed by atoms with Crippen molar-refractivity contribution in [3.63, 3.8) is 0 Å². The molecule has 0 aliphatic heterocycles. The van der Waals surface area contributed by atoms with Crippen LogP contribution in [-0.4, -0.2) is 9.97 Å². The van der Waals surface area contributed by atoms with Gasteiger partial charge < -0.3 is 5.32 Å². The molecule has 1 heterocycles. The first kappa shape index (κ1) is 9.93. The predicted octanol–water partition coefficient (Wildman–Crippen LogP) is 2.74. The molecule has 15 heavy (non-hydrogen) atoms. The monoisotopic (exact) mass is 219 g/mol. The number of nitrogens with one attached hydrogen (secondary N) is 1. The summed E-state index contributed by atoms with van der Waals surface area (Å²) >= 11 is 5.78. The van der Waals surface area contributed by atoms with Gasteiger partial charge in [-0.25, -0.2) is 9.97 Å². The van der Waals surface area contributed by atoms with Gasteiger partial charge in [0.15, 0.2) is 0 Å². The molecule has 2 rings (SSSR count). The number of hydrogen-bond acceptors (Lipinski definition) is 3. The molecule has 3 nitrogen and oxygen atoms in total. The van der Waals surface area contributed by atoms with Crippen molar-refractivity contribution < 1.29 is 0 Å². The summed E-state index contributed by atoms with van der Waals surface area (Å²) in [6.45, 7) is 0.614. The molecule has 0 fully saturated rings. The molecule has 4 heteroatoms. The third-order valence-corrected chi connectivity index (χ3v) is 2.17. The van der Waals surface area contributed by atoms with Crippen molar-refractivity contribution in [1.29, 1.82) is 0 Å². The van der Waals surface area contributed by atoms with Gasteiger partial charge in [-0.1, -0.05) is 11.6 Å². The Morgan fingerprint density at radius 2 is 1.73 bits per heavy atom. The molecule has 0 saturated carbocycles. The van der Waals surface area contributed by atoms with Crippen LogP contribution in [-0.2, 0) is 6.54 Å². The van der Waals surface area contributed by atoms with Gasteiger partial charge in [0.2, 0.25) is 0 Å². The smallest absolute Gasteiger partial charge is 0.147 e. The average molecular weight is 220 g/mol. The summed E-state index contributed by atoms with van der Waals surface area (Å²) in [6.07, 6.45) is 3.46. The van der Waals surface area contributed by atoms with E-state index in [2.05, 4.69) is 15.3 Å². The van der Waals surface area contributed by atoms with Gasteiger partial charge in [0, 0.05) is 23.1 Å². The Labute approximate surface area is 93.1 Å². The van der Waals surface area contributed by atoms with E-state index < -0.39 is 0 Å². The van der Waals surface area contributed by atoms with E-state index in [0.717, 1.165) is 16.5 Å². The molecule has 1 aromatic heterocycles. The molecule has 0 amide bonds. The first-order chi connectivity index (χ1) is 7.34. The van der Waals surface area contributed by atoms with Gasteiger partial charge >= 0.3 is 0 Å². The van der Waals surface area contributed by atoms with E-state index in [-0.39, 0.29) is 0 Å². The molecule has 0 atom stereocenters. The minimum absolute atomic E-state index is 0.614. The number of anilines is 1.